The van der Waals surface area contributed by atoms with Gasteiger partial charge in [0.25, 0.3) is 0 Å². The number of para-hydroxylation sites is 2. The Hall–Kier alpha value is -6.49. The van der Waals surface area contributed by atoms with Crippen LogP contribution in [0.5, 0.6) is 0 Å². The molecule has 0 spiro atoms. The third-order valence-electron chi connectivity index (χ3n) is 10.4. The van der Waals surface area contributed by atoms with Crippen LogP contribution >= 0.6 is 0 Å². The van der Waals surface area contributed by atoms with Gasteiger partial charge in [0.15, 0.2) is 8.07 Å². The molecular formula is C47H32N2OSi. The first kappa shape index (κ1) is 29.4. The average Bonchev–Trinajstić information content (AvgIpc) is 3.74. The Morgan fingerprint density at radius 1 is 0.412 bits per heavy atom. The Morgan fingerprint density at radius 3 is 1.57 bits per heavy atom. The summed E-state index contributed by atoms with van der Waals surface area (Å²) in [5.41, 5.74) is 7.14. The highest BCUT2D eigenvalue weighted by molar-refractivity contribution is 7.19. The van der Waals surface area contributed by atoms with Crippen molar-refractivity contribution < 1.29 is 4.42 Å². The van der Waals surface area contributed by atoms with E-state index in [9.17, 15) is 0 Å². The highest BCUT2D eigenvalue weighted by Gasteiger charge is 2.41. The van der Waals surface area contributed by atoms with Crippen molar-refractivity contribution in [1.29, 1.82) is 0 Å². The lowest BCUT2D eigenvalue weighted by molar-refractivity contribution is 0.654. The van der Waals surface area contributed by atoms with Crippen molar-refractivity contribution in [3.63, 3.8) is 0 Å². The zero-order valence-corrected chi connectivity index (χ0v) is 28.8. The Kier molecular flexibility index (Phi) is 6.83. The van der Waals surface area contributed by atoms with E-state index in [-0.39, 0.29) is 0 Å². The monoisotopic (exact) mass is 668 g/mol. The molecule has 0 fully saturated rings. The molecule has 0 aliphatic rings. The summed E-state index contributed by atoms with van der Waals surface area (Å²) in [6.07, 6.45) is 1.95. The second kappa shape index (κ2) is 11.8. The molecule has 7 aromatic carbocycles. The quantitative estimate of drug-likeness (QED) is 0.131. The van der Waals surface area contributed by atoms with Crippen molar-refractivity contribution in [3.8, 4) is 16.8 Å². The van der Waals surface area contributed by atoms with Crippen LogP contribution in [-0.2, 0) is 0 Å². The van der Waals surface area contributed by atoms with E-state index in [0.29, 0.717) is 5.71 Å². The molecule has 51 heavy (non-hydrogen) atoms. The van der Waals surface area contributed by atoms with E-state index in [0.717, 1.165) is 33.2 Å². The number of furan rings is 1. The maximum Gasteiger partial charge on any atom is 0.227 e. The Morgan fingerprint density at radius 2 is 0.961 bits per heavy atom. The van der Waals surface area contributed by atoms with Crippen LogP contribution in [0.1, 0.15) is 0 Å². The minimum Gasteiger partial charge on any atom is -0.438 e. The number of benzene rings is 7. The number of fused-ring (bicyclic) bond motifs is 6. The van der Waals surface area contributed by atoms with E-state index in [2.05, 4.69) is 193 Å². The van der Waals surface area contributed by atoms with Crippen LogP contribution in [0.15, 0.2) is 199 Å². The minimum atomic E-state index is -2.67. The predicted octanol–water partition coefficient (Wildman–Crippen LogP) is 9.12. The van der Waals surface area contributed by atoms with E-state index < -0.39 is 8.07 Å². The lowest BCUT2D eigenvalue weighted by Gasteiger charge is -2.34. The minimum absolute atomic E-state index is 0.644. The predicted molar refractivity (Wildman–Crippen MR) is 215 cm³/mol. The standard InChI is InChI=1S/C47H32N2OSi/c1-4-16-36(17-5-1)51(37-18-6-2-7-19-37,38-20-8-3-9-21-38)39-22-14-15-33(29-39)34-30-43-42-31-35(27-28-46(42)50-47(43)48-32-34)49-44-25-12-10-23-40(44)41-24-11-13-26-45(41)49/h1-32H. The molecule has 0 radical (unpaired) electrons. The van der Waals surface area contributed by atoms with E-state index in [4.69, 9.17) is 9.40 Å². The first-order valence-electron chi connectivity index (χ1n) is 17.4. The molecule has 3 nitrogen and oxygen atoms in total. The molecule has 0 aliphatic heterocycles. The van der Waals surface area contributed by atoms with Gasteiger partial charge in [0.2, 0.25) is 5.71 Å². The molecule has 10 aromatic rings. The number of hydrogen-bond donors (Lipinski definition) is 0. The summed E-state index contributed by atoms with van der Waals surface area (Å²) in [6.45, 7) is 0. The zero-order valence-electron chi connectivity index (χ0n) is 27.8. The van der Waals surface area contributed by atoms with Gasteiger partial charge in [-0.15, -0.1) is 0 Å². The second-order valence-electron chi connectivity index (χ2n) is 13.2. The van der Waals surface area contributed by atoms with E-state index in [1.165, 1.54) is 42.6 Å². The van der Waals surface area contributed by atoms with Crippen LogP contribution in [0.25, 0.3) is 60.7 Å². The van der Waals surface area contributed by atoms with Crippen LogP contribution in [0.2, 0.25) is 0 Å². The fraction of sp³-hybridized carbons (Fsp3) is 0. The summed E-state index contributed by atoms with van der Waals surface area (Å²) in [5.74, 6) is 0. The largest absolute Gasteiger partial charge is 0.438 e. The summed E-state index contributed by atoms with van der Waals surface area (Å²) >= 11 is 0. The first-order chi connectivity index (χ1) is 25.3. The molecule has 0 N–H and O–H groups in total. The number of aromatic nitrogens is 2. The molecule has 240 valence electrons. The lowest BCUT2D eigenvalue weighted by Crippen LogP contribution is -2.74. The van der Waals surface area contributed by atoms with Gasteiger partial charge < -0.3 is 8.98 Å². The Labute approximate surface area is 296 Å². The van der Waals surface area contributed by atoms with Gasteiger partial charge in [-0.1, -0.05) is 152 Å². The molecule has 0 aliphatic carbocycles. The average molecular weight is 669 g/mol. The molecule has 0 bridgehead atoms. The van der Waals surface area contributed by atoms with Gasteiger partial charge in [0.1, 0.15) is 5.58 Å². The van der Waals surface area contributed by atoms with Crippen molar-refractivity contribution >= 4 is 72.7 Å². The van der Waals surface area contributed by atoms with Gasteiger partial charge in [-0.25, -0.2) is 4.98 Å². The fourth-order valence-electron chi connectivity index (χ4n) is 8.14. The molecule has 0 saturated heterocycles. The molecule has 4 heteroatoms. The molecule has 0 amide bonds. The number of hydrogen-bond acceptors (Lipinski definition) is 2. The Bertz CT molecular complexity index is 2710. The van der Waals surface area contributed by atoms with Crippen molar-refractivity contribution in [3.05, 3.63) is 194 Å². The maximum atomic E-state index is 6.33. The van der Waals surface area contributed by atoms with Crippen molar-refractivity contribution in [2.45, 2.75) is 0 Å². The van der Waals surface area contributed by atoms with E-state index >= 15 is 0 Å². The normalized spacial score (nSPS) is 11.9. The molecule has 3 aromatic heterocycles. The van der Waals surface area contributed by atoms with Gasteiger partial charge in [0, 0.05) is 39.0 Å². The topological polar surface area (TPSA) is 31.0 Å². The molecule has 0 unspecified atom stereocenters. The number of nitrogens with zero attached hydrogens (tertiary/aromatic N) is 2. The fourth-order valence-corrected chi connectivity index (χ4v) is 12.9. The molecule has 0 saturated carbocycles. The number of rotatable bonds is 6. The third kappa shape index (κ3) is 4.61. The summed E-state index contributed by atoms with van der Waals surface area (Å²) in [5, 5.41) is 9.94. The summed E-state index contributed by atoms with van der Waals surface area (Å²) in [6, 6.07) is 68.3. The van der Waals surface area contributed by atoms with Crippen molar-refractivity contribution in [2.75, 3.05) is 0 Å². The van der Waals surface area contributed by atoms with E-state index in [1.807, 2.05) is 6.20 Å². The van der Waals surface area contributed by atoms with Crippen LogP contribution in [0.4, 0.5) is 0 Å². The van der Waals surface area contributed by atoms with Crippen molar-refractivity contribution in [2.24, 2.45) is 0 Å². The van der Waals surface area contributed by atoms with E-state index in [1.54, 1.807) is 0 Å². The SMILES string of the molecule is c1ccc([Si](c2ccccc2)(c2ccccc2)c2cccc(-c3cnc4oc5ccc(-n6c7ccccc7c7ccccc76)cc5c4c3)c2)cc1. The lowest BCUT2D eigenvalue weighted by atomic mass is 10.1. The Balaban J connectivity index is 1.16. The highest BCUT2D eigenvalue weighted by Crippen LogP contribution is 2.36. The van der Waals surface area contributed by atoms with Gasteiger partial charge in [-0.2, -0.15) is 0 Å². The highest BCUT2D eigenvalue weighted by atomic mass is 28.3. The van der Waals surface area contributed by atoms with Gasteiger partial charge >= 0.3 is 0 Å². The zero-order chi connectivity index (χ0) is 33.8. The van der Waals surface area contributed by atoms with Crippen LogP contribution in [0, 0.1) is 0 Å². The third-order valence-corrected chi connectivity index (χ3v) is 15.2. The van der Waals surface area contributed by atoms with Crippen LogP contribution < -0.4 is 20.7 Å². The molecule has 0 atom stereocenters. The van der Waals surface area contributed by atoms with Crippen LogP contribution in [-0.4, -0.2) is 17.6 Å². The van der Waals surface area contributed by atoms with Gasteiger partial charge in [-0.05, 0) is 62.7 Å². The smallest absolute Gasteiger partial charge is 0.227 e. The maximum absolute atomic E-state index is 6.33. The molecule has 3 heterocycles. The van der Waals surface area contributed by atoms with Crippen LogP contribution in [0.3, 0.4) is 0 Å². The molecular weight excluding hydrogens is 637 g/mol. The first-order valence-corrected chi connectivity index (χ1v) is 19.4. The summed E-state index contributed by atoms with van der Waals surface area (Å²) < 4.78 is 8.68. The second-order valence-corrected chi connectivity index (χ2v) is 17.0. The van der Waals surface area contributed by atoms with Gasteiger partial charge in [-0.3, -0.25) is 0 Å². The van der Waals surface area contributed by atoms with Crippen molar-refractivity contribution in [1.82, 2.24) is 9.55 Å². The van der Waals surface area contributed by atoms with Gasteiger partial charge in [0.05, 0.1) is 11.0 Å². The number of pyridine rings is 1. The molecule has 10 rings (SSSR count). The summed E-state index contributed by atoms with van der Waals surface area (Å²) in [7, 11) is -2.67. The summed E-state index contributed by atoms with van der Waals surface area (Å²) in [4.78, 5) is 4.89.